The van der Waals surface area contributed by atoms with Crippen LogP contribution in [0.15, 0.2) is 53.9 Å². The molecule has 3 nitrogen and oxygen atoms in total. The van der Waals surface area contributed by atoms with Gasteiger partial charge in [0, 0.05) is 10.9 Å². The van der Waals surface area contributed by atoms with E-state index in [0.29, 0.717) is 0 Å². The smallest absolute Gasteiger partial charge is 0.226 e. The van der Waals surface area contributed by atoms with E-state index in [4.69, 9.17) is 0 Å². The molecule has 2 aromatic carbocycles. The second-order valence-corrected chi connectivity index (χ2v) is 7.04. The molecule has 1 amide bonds. The first-order chi connectivity index (χ1) is 12.2. The maximum Gasteiger partial charge on any atom is 0.226 e. The summed E-state index contributed by atoms with van der Waals surface area (Å²) in [6.07, 6.45) is 2.21. The molecule has 1 N–H and O–H groups in total. The van der Waals surface area contributed by atoms with Crippen molar-refractivity contribution in [2.24, 2.45) is 0 Å². The molecular weight excluding hydrogens is 335 g/mol. The highest BCUT2D eigenvalue weighted by Crippen LogP contribution is 2.31. The zero-order chi connectivity index (χ0) is 17.2. The molecule has 126 valence electrons. The molecule has 0 saturated carbocycles. The van der Waals surface area contributed by atoms with Gasteiger partial charge in [-0.3, -0.25) is 4.79 Å². The second-order valence-electron chi connectivity index (χ2n) is 6.19. The second kappa shape index (κ2) is 6.76. The fourth-order valence-corrected chi connectivity index (χ4v) is 4.06. The quantitative estimate of drug-likeness (QED) is 0.761. The SMILES string of the molecule is O=C(Cc1csc(-c2ccc(F)cc2)n1)NC1CCc2ccccc21. The number of thiazole rings is 1. The fraction of sp³-hybridized carbons (Fsp3) is 0.200. The number of halogens is 1. The van der Waals surface area contributed by atoms with Crippen LogP contribution in [0.1, 0.15) is 29.3 Å². The Bertz CT molecular complexity index is 904. The molecule has 1 aromatic heterocycles. The number of benzene rings is 2. The van der Waals surface area contributed by atoms with Gasteiger partial charge >= 0.3 is 0 Å². The first kappa shape index (κ1) is 16.0. The van der Waals surface area contributed by atoms with Crippen molar-refractivity contribution >= 4 is 17.2 Å². The molecule has 0 spiro atoms. The van der Waals surface area contributed by atoms with E-state index in [0.717, 1.165) is 29.1 Å². The Labute approximate surface area is 149 Å². The minimum atomic E-state index is -0.267. The maximum absolute atomic E-state index is 13.0. The lowest BCUT2D eigenvalue weighted by atomic mass is 10.1. The van der Waals surface area contributed by atoms with E-state index < -0.39 is 0 Å². The van der Waals surface area contributed by atoms with E-state index in [1.54, 1.807) is 12.1 Å². The van der Waals surface area contributed by atoms with Gasteiger partial charge in [-0.2, -0.15) is 0 Å². The largest absolute Gasteiger partial charge is 0.349 e. The summed E-state index contributed by atoms with van der Waals surface area (Å²) in [6.45, 7) is 0. The van der Waals surface area contributed by atoms with Crippen LogP contribution in [0.4, 0.5) is 4.39 Å². The van der Waals surface area contributed by atoms with Crippen LogP contribution in [0.25, 0.3) is 10.6 Å². The molecule has 0 fully saturated rings. The van der Waals surface area contributed by atoms with Crippen molar-refractivity contribution in [3.05, 3.63) is 76.5 Å². The van der Waals surface area contributed by atoms with E-state index in [1.165, 1.54) is 34.6 Å². The van der Waals surface area contributed by atoms with Gasteiger partial charge in [0.1, 0.15) is 10.8 Å². The maximum atomic E-state index is 13.0. The van der Waals surface area contributed by atoms with Crippen molar-refractivity contribution in [2.75, 3.05) is 0 Å². The standard InChI is InChI=1S/C20H17FN2OS/c21-15-8-5-14(6-9-15)20-22-16(12-25-20)11-19(24)23-18-10-7-13-3-1-2-4-17(13)18/h1-6,8-9,12,18H,7,10-11H2,(H,23,24). The lowest BCUT2D eigenvalue weighted by Crippen LogP contribution is -2.28. The van der Waals surface area contributed by atoms with Crippen molar-refractivity contribution in [3.63, 3.8) is 0 Å². The Morgan fingerprint density at radius 2 is 2.00 bits per heavy atom. The van der Waals surface area contributed by atoms with E-state index in [2.05, 4.69) is 22.4 Å². The molecule has 0 aliphatic heterocycles. The van der Waals surface area contributed by atoms with Crippen LogP contribution in [0, 0.1) is 5.82 Å². The van der Waals surface area contributed by atoms with Crippen LogP contribution in [-0.2, 0) is 17.6 Å². The predicted octanol–water partition coefficient (Wildman–Crippen LogP) is 4.30. The molecule has 0 saturated heterocycles. The summed E-state index contributed by atoms with van der Waals surface area (Å²) in [5.74, 6) is -0.283. The average Bonchev–Trinajstić information content (AvgIpc) is 3.23. The lowest BCUT2D eigenvalue weighted by Gasteiger charge is -2.13. The minimum absolute atomic E-state index is 0.0161. The van der Waals surface area contributed by atoms with Gasteiger partial charge < -0.3 is 5.32 Å². The Hall–Kier alpha value is -2.53. The van der Waals surface area contributed by atoms with Crippen molar-refractivity contribution in [3.8, 4) is 10.6 Å². The van der Waals surface area contributed by atoms with Crippen LogP contribution >= 0.6 is 11.3 Å². The third kappa shape index (κ3) is 3.46. The van der Waals surface area contributed by atoms with E-state index in [9.17, 15) is 9.18 Å². The van der Waals surface area contributed by atoms with E-state index in [-0.39, 0.29) is 24.2 Å². The summed E-state index contributed by atoms with van der Waals surface area (Å²) < 4.78 is 13.0. The van der Waals surface area contributed by atoms with Crippen LogP contribution in [0.3, 0.4) is 0 Å². The Morgan fingerprint density at radius 1 is 1.20 bits per heavy atom. The highest BCUT2D eigenvalue weighted by atomic mass is 32.1. The van der Waals surface area contributed by atoms with Gasteiger partial charge in [0.15, 0.2) is 0 Å². The number of carbonyl (C=O) groups excluding carboxylic acids is 1. The van der Waals surface area contributed by atoms with Gasteiger partial charge in [-0.1, -0.05) is 24.3 Å². The Kier molecular flexibility index (Phi) is 4.32. The summed E-state index contributed by atoms with van der Waals surface area (Å²) in [5, 5.41) is 5.81. The van der Waals surface area contributed by atoms with Gasteiger partial charge in [-0.25, -0.2) is 9.37 Å². The zero-order valence-electron chi connectivity index (χ0n) is 13.5. The third-order valence-electron chi connectivity index (χ3n) is 4.45. The molecule has 1 atom stereocenters. The number of nitrogens with zero attached hydrogens (tertiary/aromatic N) is 1. The molecule has 1 aliphatic carbocycles. The molecule has 1 aliphatic rings. The van der Waals surface area contributed by atoms with Gasteiger partial charge in [0.2, 0.25) is 5.91 Å². The topological polar surface area (TPSA) is 42.0 Å². The highest BCUT2D eigenvalue weighted by molar-refractivity contribution is 7.13. The zero-order valence-corrected chi connectivity index (χ0v) is 14.4. The fourth-order valence-electron chi connectivity index (χ4n) is 3.23. The minimum Gasteiger partial charge on any atom is -0.349 e. The summed E-state index contributed by atoms with van der Waals surface area (Å²) in [6, 6.07) is 14.6. The van der Waals surface area contributed by atoms with Crippen LogP contribution in [0.2, 0.25) is 0 Å². The summed E-state index contributed by atoms with van der Waals surface area (Å²) in [4.78, 5) is 16.9. The third-order valence-corrected chi connectivity index (χ3v) is 5.39. The number of carbonyl (C=O) groups is 1. The number of nitrogens with one attached hydrogen (secondary N) is 1. The van der Waals surface area contributed by atoms with Gasteiger partial charge in [-0.15, -0.1) is 11.3 Å². The number of hydrogen-bond acceptors (Lipinski definition) is 3. The number of aromatic nitrogens is 1. The Balaban J connectivity index is 1.41. The predicted molar refractivity (Wildman–Crippen MR) is 96.9 cm³/mol. The van der Waals surface area contributed by atoms with Gasteiger partial charge in [0.05, 0.1) is 18.2 Å². The highest BCUT2D eigenvalue weighted by Gasteiger charge is 2.23. The molecule has 0 bridgehead atoms. The summed E-state index contributed by atoms with van der Waals surface area (Å²) in [5.41, 5.74) is 4.15. The van der Waals surface area contributed by atoms with Gasteiger partial charge in [-0.05, 0) is 48.2 Å². The van der Waals surface area contributed by atoms with Gasteiger partial charge in [0.25, 0.3) is 0 Å². The molecule has 0 radical (unpaired) electrons. The van der Waals surface area contributed by atoms with E-state index in [1.807, 2.05) is 17.5 Å². The monoisotopic (exact) mass is 352 g/mol. The molecule has 25 heavy (non-hydrogen) atoms. The lowest BCUT2D eigenvalue weighted by molar-refractivity contribution is -0.121. The van der Waals surface area contributed by atoms with Crippen molar-refractivity contribution in [2.45, 2.75) is 25.3 Å². The normalized spacial score (nSPS) is 15.8. The summed E-state index contributed by atoms with van der Waals surface area (Å²) in [7, 11) is 0. The summed E-state index contributed by atoms with van der Waals surface area (Å²) >= 11 is 1.47. The van der Waals surface area contributed by atoms with Crippen LogP contribution < -0.4 is 5.32 Å². The number of aryl methyl sites for hydroxylation is 1. The Morgan fingerprint density at radius 3 is 2.84 bits per heavy atom. The first-order valence-corrected chi connectivity index (χ1v) is 9.14. The molecule has 5 heteroatoms. The number of hydrogen-bond donors (Lipinski definition) is 1. The molecule has 1 heterocycles. The number of amides is 1. The molecule has 1 unspecified atom stereocenters. The van der Waals surface area contributed by atoms with E-state index >= 15 is 0 Å². The molecule has 3 aromatic rings. The number of rotatable bonds is 4. The first-order valence-electron chi connectivity index (χ1n) is 8.26. The van der Waals surface area contributed by atoms with Crippen molar-refractivity contribution in [1.82, 2.24) is 10.3 Å². The molecular formula is C20H17FN2OS. The van der Waals surface area contributed by atoms with Crippen LogP contribution in [0.5, 0.6) is 0 Å². The number of fused-ring (bicyclic) bond motifs is 1. The molecule has 4 rings (SSSR count). The van der Waals surface area contributed by atoms with Crippen molar-refractivity contribution in [1.29, 1.82) is 0 Å². The van der Waals surface area contributed by atoms with Crippen molar-refractivity contribution < 1.29 is 9.18 Å². The van der Waals surface area contributed by atoms with Crippen LogP contribution in [-0.4, -0.2) is 10.9 Å². The average molecular weight is 352 g/mol.